The molecule has 0 aliphatic heterocycles. The average molecular weight is 384 g/mol. The zero-order valence-corrected chi connectivity index (χ0v) is 15.8. The molecule has 1 saturated carbocycles. The number of allylic oxidation sites excluding steroid dienone is 1. The average Bonchev–Trinajstić information content (AvgIpc) is 3.20. The number of rotatable bonds is 7. The van der Waals surface area contributed by atoms with Crippen LogP contribution in [0.25, 0.3) is 0 Å². The van der Waals surface area contributed by atoms with E-state index in [0.29, 0.717) is 17.1 Å². The van der Waals surface area contributed by atoms with Crippen LogP contribution in [-0.4, -0.2) is 5.97 Å². The van der Waals surface area contributed by atoms with Gasteiger partial charge < -0.3 is 9.47 Å². The summed E-state index contributed by atoms with van der Waals surface area (Å²) in [5, 5.41) is 0. The molecule has 0 heterocycles. The van der Waals surface area contributed by atoms with E-state index in [4.69, 9.17) is 9.47 Å². The second-order valence-electron chi connectivity index (χ2n) is 7.36. The van der Waals surface area contributed by atoms with Crippen molar-refractivity contribution in [2.45, 2.75) is 20.0 Å². The summed E-state index contributed by atoms with van der Waals surface area (Å²) in [4.78, 5) is 12.6. The number of para-hydroxylation sites is 1. The first-order valence-corrected chi connectivity index (χ1v) is 9.01. The largest absolute Gasteiger partial charge is 0.457 e. The molecular formula is C23H22F2O3. The third kappa shape index (κ3) is 4.30. The molecule has 2 aromatic carbocycles. The minimum atomic E-state index is -1.78. The fraction of sp³-hybridized carbons (Fsp3) is 0.261. The van der Waals surface area contributed by atoms with Crippen molar-refractivity contribution in [3.63, 3.8) is 0 Å². The monoisotopic (exact) mass is 384 g/mol. The van der Waals surface area contributed by atoms with Crippen molar-refractivity contribution in [2.24, 2.45) is 17.3 Å². The van der Waals surface area contributed by atoms with Crippen molar-refractivity contribution < 1.29 is 23.0 Å². The number of hydrogen-bond donors (Lipinski definition) is 0. The molecule has 0 amide bonds. The van der Waals surface area contributed by atoms with Gasteiger partial charge in [-0.1, -0.05) is 50.8 Å². The van der Waals surface area contributed by atoms with Gasteiger partial charge in [0, 0.05) is 11.5 Å². The lowest BCUT2D eigenvalue weighted by Gasteiger charge is -2.16. The van der Waals surface area contributed by atoms with Crippen molar-refractivity contribution in [3.05, 3.63) is 85.0 Å². The van der Waals surface area contributed by atoms with Gasteiger partial charge in [0.2, 0.25) is 0 Å². The van der Waals surface area contributed by atoms with E-state index in [2.05, 4.69) is 6.58 Å². The van der Waals surface area contributed by atoms with Crippen LogP contribution in [0.15, 0.2) is 79.4 Å². The van der Waals surface area contributed by atoms with Crippen LogP contribution in [0.5, 0.6) is 11.5 Å². The summed E-state index contributed by atoms with van der Waals surface area (Å²) in [5.41, 5.74) is 0.142. The third-order valence-electron chi connectivity index (χ3n) is 5.09. The summed E-state index contributed by atoms with van der Waals surface area (Å²) in [5.74, 6) is -0.344. The standard InChI is InChI=1S/C23H22F2O3/c1-4-19(28-22(26)21-18(14-20(24)25)23(21,2)3)15-9-8-12-17(13-15)27-16-10-6-5-7-11-16/h4-14,18-19,21H,1H2,2-3H3. The third-order valence-corrected chi connectivity index (χ3v) is 5.09. The van der Waals surface area contributed by atoms with Gasteiger partial charge in [-0.05, 0) is 41.8 Å². The highest BCUT2D eigenvalue weighted by atomic mass is 19.3. The van der Waals surface area contributed by atoms with E-state index < -0.39 is 35.4 Å². The Kier molecular flexibility index (Phi) is 5.63. The van der Waals surface area contributed by atoms with E-state index in [0.717, 1.165) is 6.08 Å². The van der Waals surface area contributed by atoms with Crippen LogP contribution in [0.2, 0.25) is 0 Å². The van der Waals surface area contributed by atoms with E-state index in [9.17, 15) is 13.6 Å². The molecule has 0 bridgehead atoms. The smallest absolute Gasteiger partial charge is 0.311 e. The van der Waals surface area contributed by atoms with E-state index in [1.165, 1.54) is 6.08 Å². The maximum absolute atomic E-state index is 12.6. The van der Waals surface area contributed by atoms with Gasteiger partial charge in [-0.15, -0.1) is 0 Å². The Balaban J connectivity index is 1.72. The molecular weight excluding hydrogens is 362 g/mol. The first-order chi connectivity index (χ1) is 13.3. The number of halogens is 2. The molecule has 3 unspecified atom stereocenters. The van der Waals surface area contributed by atoms with E-state index in [1.54, 1.807) is 38.1 Å². The van der Waals surface area contributed by atoms with Crippen molar-refractivity contribution in [3.8, 4) is 11.5 Å². The number of esters is 1. The molecule has 0 N–H and O–H groups in total. The number of ether oxygens (including phenoxy) is 2. The zero-order valence-electron chi connectivity index (χ0n) is 15.8. The molecule has 146 valence electrons. The molecule has 1 fully saturated rings. The second-order valence-corrected chi connectivity index (χ2v) is 7.36. The fourth-order valence-electron chi connectivity index (χ4n) is 3.40. The summed E-state index contributed by atoms with van der Waals surface area (Å²) < 4.78 is 36.6. The molecule has 0 saturated heterocycles. The topological polar surface area (TPSA) is 35.5 Å². The summed E-state index contributed by atoms with van der Waals surface area (Å²) in [7, 11) is 0. The Morgan fingerprint density at radius 1 is 1.11 bits per heavy atom. The van der Waals surface area contributed by atoms with Gasteiger partial charge in [-0.25, -0.2) is 0 Å². The second kappa shape index (κ2) is 7.97. The van der Waals surface area contributed by atoms with Gasteiger partial charge >= 0.3 is 5.97 Å². The quantitative estimate of drug-likeness (QED) is 0.415. The summed E-state index contributed by atoms with van der Waals surface area (Å²) in [6.45, 7) is 7.29. The predicted molar refractivity (Wildman–Crippen MR) is 103 cm³/mol. The summed E-state index contributed by atoms with van der Waals surface area (Å²) in [6.07, 6.45) is -0.124. The Bertz CT molecular complexity index is 886. The Morgan fingerprint density at radius 2 is 1.79 bits per heavy atom. The van der Waals surface area contributed by atoms with E-state index in [-0.39, 0.29) is 0 Å². The molecule has 2 aromatic rings. The van der Waals surface area contributed by atoms with Gasteiger partial charge in [0.1, 0.15) is 17.6 Å². The predicted octanol–water partition coefficient (Wildman–Crippen LogP) is 6.30. The minimum Gasteiger partial charge on any atom is -0.457 e. The Morgan fingerprint density at radius 3 is 2.43 bits per heavy atom. The molecule has 1 aliphatic carbocycles. The van der Waals surface area contributed by atoms with Crippen LogP contribution in [0.4, 0.5) is 8.78 Å². The normalized spacial score (nSPS) is 20.6. The molecule has 3 rings (SSSR count). The maximum Gasteiger partial charge on any atom is 0.311 e. The first-order valence-electron chi connectivity index (χ1n) is 9.01. The van der Waals surface area contributed by atoms with Gasteiger partial charge in [0.25, 0.3) is 6.08 Å². The molecule has 28 heavy (non-hydrogen) atoms. The van der Waals surface area contributed by atoms with Gasteiger partial charge in [-0.3, -0.25) is 4.79 Å². The van der Waals surface area contributed by atoms with Gasteiger partial charge in [0.05, 0.1) is 5.92 Å². The highest BCUT2D eigenvalue weighted by Crippen LogP contribution is 2.60. The van der Waals surface area contributed by atoms with Crippen molar-refractivity contribution in [1.82, 2.24) is 0 Å². The Hall–Kier alpha value is -2.95. The maximum atomic E-state index is 12.6. The highest BCUT2D eigenvalue weighted by Gasteiger charge is 2.62. The van der Waals surface area contributed by atoms with Crippen LogP contribution in [-0.2, 0) is 9.53 Å². The lowest BCUT2D eigenvalue weighted by Crippen LogP contribution is -2.14. The van der Waals surface area contributed by atoms with Gasteiger partial charge in [0.15, 0.2) is 0 Å². The minimum absolute atomic E-state index is 0.508. The lowest BCUT2D eigenvalue weighted by atomic mass is 10.1. The summed E-state index contributed by atoms with van der Waals surface area (Å²) >= 11 is 0. The molecule has 0 radical (unpaired) electrons. The van der Waals surface area contributed by atoms with Crippen molar-refractivity contribution >= 4 is 5.97 Å². The number of carbonyl (C=O) groups is 1. The van der Waals surface area contributed by atoms with Gasteiger partial charge in [-0.2, -0.15) is 8.78 Å². The first kappa shape index (κ1) is 19.8. The van der Waals surface area contributed by atoms with Crippen LogP contribution in [0, 0.1) is 17.3 Å². The number of benzene rings is 2. The van der Waals surface area contributed by atoms with Crippen molar-refractivity contribution in [2.75, 3.05) is 0 Å². The molecule has 5 heteroatoms. The van der Waals surface area contributed by atoms with Crippen LogP contribution in [0.1, 0.15) is 25.5 Å². The van der Waals surface area contributed by atoms with Crippen LogP contribution < -0.4 is 4.74 Å². The Labute approximate surface area is 163 Å². The van der Waals surface area contributed by atoms with Crippen LogP contribution in [0.3, 0.4) is 0 Å². The SMILES string of the molecule is C=CC(OC(=O)C1C(C=C(F)F)C1(C)C)c1cccc(Oc2ccccc2)c1. The highest BCUT2D eigenvalue weighted by molar-refractivity contribution is 5.78. The van der Waals surface area contributed by atoms with E-state index >= 15 is 0 Å². The number of carbonyl (C=O) groups excluding carboxylic acids is 1. The fourth-order valence-corrected chi connectivity index (χ4v) is 3.40. The van der Waals surface area contributed by atoms with Crippen LogP contribution >= 0.6 is 0 Å². The van der Waals surface area contributed by atoms with E-state index in [1.807, 2.05) is 30.3 Å². The van der Waals surface area contributed by atoms with Crippen molar-refractivity contribution in [1.29, 1.82) is 0 Å². The lowest BCUT2D eigenvalue weighted by molar-refractivity contribution is -0.149. The molecule has 0 spiro atoms. The molecule has 1 aliphatic rings. The molecule has 0 aromatic heterocycles. The zero-order chi connectivity index (χ0) is 20.3. The molecule has 3 nitrogen and oxygen atoms in total. The molecule has 3 atom stereocenters. The summed E-state index contributed by atoms with van der Waals surface area (Å²) in [6, 6.07) is 16.5. The number of hydrogen-bond acceptors (Lipinski definition) is 3.